The largest absolute Gasteiger partial charge is 0.495 e. The number of carbonyl (C=O) groups excluding carboxylic acids is 2. The lowest BCUT2D eigenvalue weighted by atomic mass is 10.0. The van der Waals surface area contributed by atoms with E-state index in [1.165, 1.54) is 37.4 Å². The molecule has 2 aromatic heterocycles. The first-order valence-corrected chi connectivity index (χ1v) is 15.8. The molecular formula is C27H30Cl2FN5O8S. The van der Waals surface area contributed by atoms with Crippen molar-refractivity contribution in [1.29, 1.82) is 0 Å². The number of hydrogen-bond donors (Lipinski definition) is 0. The van der Waals surface area contributed by atoms with Gasteiger partial charge < -0.3 is 24.0 Å². The number of sulfone groups is 1. The normalized spacial score (nSPS) is 13.9. The molecule has 1 aliphatic heterocycles. The molecule has 2 amide bonds. The van der Waals surface area contributed by atoms with Crippen LogP contribution in [0.4, 0.5) is 14.0 Å². The number of rotatable bonds is 8. The van der Waals surface area contributed by atoms with Crippen LogP contribution < -0.4 is 15.0 Å². The van der Waals surface area contributed by atoms with Gasteiger partial charge in [0.2, 0.25) is 15.0 Å². The summed E-state index contributed by atoms with van der Waals surface area (Å²) in [4.78, 5) is 48.6. The van der Waals surface area contributed by atoms with Crippen LogP contribution in [0.1, 0.15) is 20.8 Å². The molecule has 1 aliphatic rings. The number of ether oxygens (including phenoxy) is 3. The van der Waals surface area contributed by atoms with Crippen molar-refractivity contribution in [2.24, 2.45) is 0 Å². The third kappa shape index (κ3) is 6.69. The molecule has 4 rings (SSSR count). The SMILES string of the molecule is COc1cc(OC)c(Cl)c(-c2cc3cnc(S(C)(=O)=O)nc3n(CCN(C(=O)F)C3CN(C(=O)OC(C)(C)C)C3)c2=O)c1Cl. The second-order valence-corrected chi connectivity index (χ2v) is 13.7. The van der Waals surface area contributed by atoms with Crippen molar-refractivity contribution in [1.82, 2.24) is 24.3 Å². The summed E-state index contributed by atoms with van der Waals surface area (Å²) < 4.78 is 55.8. The number of benzene rings is 1. The highest BCUT2D eigenvalue weighted by atomic mass is 35.5. The van der Waals surface area contributed by atoms with Crippen LogP contribution in [0, 0.1) is 0 Å². The van der Waals surface area contributed by atoms with Crippen LogP contribution in [0.5, 0.6) is 11.5 Å². The molecule has 0 unspecified atom stereocenters. The summed E-state index contributed by atoms with van der Waals surface area (Å²) in [5, 5.41) is -0.339. The van der Waals surface area contributed by atoms with Gasteiger partial charge in [-0.05, 0) is 26.8 Å². The molecule has 13 nitrogen and oxygen atoms in total. The molecule has 44 heavy (non-hydrogen) atoms. The molecule has 0 bridgehead atoms. The first kappa shape index (κ1) is 33.2. The number of pyridine rings is 1. The quantitative estimate of drug-likeness (QED) is 0.193. The monoisotopic (exact) mass is 673 g/mol. The van der Waals surface area contributed by atoms with Gasteiger partial charge in [0.05, 0.1) is 35.9 Å². The van der Waals surface area contributed by atoms with Crippen LogP contribution in [0.25, 0.3) is 22.2 Å². The minimum Gasteiger partial charge on any atom is -0.495 e. The fourth-order valence-electron chi connectivity index (χ4n) is 4.58. The zero-order valence-corrected chi connectivity index (χ0v) is 27.0. The van der Waals surface area contributed by atoms with Crippen LogP contribution in [0.3, 0.4) is 0 Å². The first-order valence-electron chi connectivity index (χ1n) is 13.1. The van der Waals surface area contributed by atoms with Gasteiger partial charge >= 0.3 is 12.3 Å². The van der Waals surface area contributed by atoms with E-state index < -0.39 is 44.5 Å². The van der Waals surface area contributed by atoms with Crippen molar-refractivity contribution < 1.29 is 36.6 Å². The summed E-state index contributed by atoms with van der Waals surface area (Å²) in [6.07, 6.45) is -0.270. The van der Waals surface area contributed by atoms with Gasteiger partial charge in [-0.25, -0.2) is 23.0 Å². The fourth-order valence-corrected chi connectivity index (χ4v) is 5.78. The first-order chi connectivity index (χ1) is 20.5. The lowest BCUT2D eigenvalue weighted by molar-refractivity contribution is -0.0107. The highest BCUT2D eigenvalue weighted by molar-refractivity contribution is 7.90. The summed E-state index contributed by atoms with van der Waals surface area (Å²) in [6.45, 7) is 4.48. The molecule has 3 aromatic rings. The number of likely N-dealkylation sites (tertiary alicyclic amines) is 1. The van der Waals surface area contributed by atoms with E-state index in [-0.39, 0.29) is 69.9 Å². The third-order valence-corrected chi connectivity index (χ3v) is 8.34. The highest BCUT2D eigenvalue weighted by Gasteiger charge is 2.39. The Balaban J connectivity index is 1.79. The van der Waals surface area contributed by atoms with Gasteiger partial charge in [0, 0.05) is 55.6 Å². The van der Waals surface area contributed by atoms with Gasteiger partial charge in [-0.1, -0.05) is 23.2 Å². The number of halogens is 3. The van der Waals surface area contributed by atoms with E-state index in [1.807, 2.05) is 0 Å². The molecule has 0 saturated carbocycles. The number of aromatic nitrogens is 3. The Morgan fingerprint density at radius 1 is 1.11 bits per heavy atom. The second kappa shape index (κ2) is 12.4. The summed E-state index contributed by atoms with van der Waals surface area (Å²) in [6, 6.07) is 2.13. The van der Waals surface area contributed by atoms with Gasteiger partial charge in [0.1, 0.15) is 22.7 Å². The zero-order valence-electron chi connectivity index (χ0n) is 24.7. The smallest absolute Gasteiger partial charge is 0.410 e. The molecule has 1 aromatic carbocycles. The maximum absolute atomic E-state index is 14.3. The topological polar surface area (TPSA) is 150 Å². The predicted octanol–water partition coefficient (Wildman–Crippen LogP) is 4.20. The lowest BCUT2D eigenvalue weighted by Gasteiger charge is -2.44. The summed E-state index contributed by atoms with van der Waals surface area (Å²) in [5.74, 6) is 0.317. The van der Waals surface area contributed by atoms with Gasteiger partial charge in [0.15, 0.2) is 0 Å². The van der Waals surface area contributed by atoms with Crippen molar-refractivity contribution >= 4 is 56.3 Å². The lowest BCUT2D eigenvalue weighted by Crippen LogP contribution is -2.62. The molecule has 1 fully saturated rings. The van der Waals surface area contributed by atoms with Gasteiger partial charge in [-0.15, -0.1) is 4.39 Å². The molecule has 0 N–H and O–H groups in total. The Morgan fingerprint density at radius 2 is 1.70 bits per heavy atom. The summed E-state index contributed by atoms with van der Waals surface area (Å²) >= 11 is 13.2. The maximum atomic E-state index is 14.3. The van der Waals surface area contributed by atoms with Crippen LogP contribution in [0.15, 0.2) is 28.3 Å². The van der Waals surface area contributed by atoms with E-state index in [1.54, 1.807) is 20.8 Å². The third-order valence-electron chi connectivity index (χ3n) is 6.72. The Labute approximate surface area is 262 Å². The average Bonchev–Trinajstić information content (AvgIpc) is 2.89. The maximum Gasteiger partial charge on any atom is 0.410 e. The number of fused-ring (bicyclic) bond motifs is 1. The van der Waals surface area contributed by atoms with E-state index in [4.69, 9.17) is 37.4 Å². The van der Waals surface area contributed by atoms with Crippen molar-refractivity contribution in [3.63, 3.8) is 0 Å². The average molecular weight is 675 g/mol. The molecule has 238 valence electrons. The van der Waals surface area contributed by atoms with Crippen molar-refractivity contribution in [3.05, 3.63) is 38.7 Å². The second-order valence-electron chi connectivity index (χ2n) is 11.0. The standard InChI is InChI=1S/C27H30Cl2FN5O8S/c1-27(2,3)43-26(38)33-12-15(13-33)34(24(30)37)7-8-35-22-14(11-31-25(32-22)44(6,39)40)9-16(23(35)36)19-20(28)17(41-4)10-18(42-5)21(19)29/h9-11,15H,7-8,12-13H2,1-6H3. The molecular weight excluding hydrogens is 644 g/mol. The highest BCUT2D eigenvalue weighted by Crippen LogP contribution is 2.45. The molecule has 0 radical (unpaired) electrons. The molecule has 0 aliphatic carbocycles. The van der Waals surface area contributed by atoms with Crippen LogP contribution >= 0.6 is 23.2 Å². The number of methoxy groups -OCH3 is 2. The van der Waals surface area contributed by atoms with Gasteiger partial charge in [-0.2, -0.15) is 4.98 Å². The van der Waals surface area contributed by atoms with Crippen molar-refractivity contribution in [2.45, 2.75) is 44.1 Å². The minimum absolute atomic E-state index is 0.00719. The molecule has 17 heteroatoms. The fraction of sp³-hybridized carbons (Fsp3) is 0.444. The summed E-state index contributed by atoms with van der Waals surface area (Å²) in [7, 11) is -1.15. The Bertz CT molecular complexity index is 1780. The zero-order chi connectivity index (χ0) is 32.7. The molecule has 0 spiro atoms. The van der Waals surface area contributed by atoms with E-state index in [9.17, 15) is 27.2 Å². The van der Waals surface area contributed by atoms with E-state index in [0.717, 1.165) is 15.7 Å². The molecule has 1 saturated heterocycles. The Kier molecular flexibility index (Phi) is 9.33. The number of nitrogens with zero attached hydrogens (tertiary/aromatic N) is 5. The minimum atomic E-state index is -3.88. The van der Waals surface area contributed by atoms with E-state index in [0.29, 0.717) is 0 Å². The molecule has 0 atom stereocenters. The Hall–Kier alpha value is -3.69. The summed E-state index contributed by atoms with van der Waals surface area (Å²) in [5.41, 5.74) is -1.55. The van der Waals surface area contributed by atoms with Crippen LogP contribution in [-0.2, 0) is 21.1 Å². The number of carbonyl (C=O) groups is 2. The predicted molar refractivity (Wildman–Crippen MR) is 160 cm³/mol. The molecule has 3 heterocycles. The van der Waals surface area contributed by atoms with E-state index >= 15 is 0 Å². The van der Waals surface area contributed by atoms with Gasteiger partial charge in [-0.3, -0.25) is 9.36 Å². The van der Waals surface area contributed by atoms with Crippen molar-refractivity contribution in [2.75, 3.05) is 40.1 Å². The van der Waals surface area contributed by atoms with E-state index in [2.05, 4.69) is 9.97 Å². The van der Waals surface area contributed by atoms with Crippen LogP contribution in [0.2, 0.25) is 10.0 Å². The number of hydrogen-bond acceptors (Lipinski definition) is 10. The van der Waals surface area contributed by atoms with Gasteiger partial charge in [0.25, 0.3) is 5.56 Å². The van der Waals surface area contributed by atoms with Crippen LogP contribution in [-0.4, -0.2) is 96.8 Å². The van der Waals surface area contributed by atoms with Crippen molar-refractivity contribution in [3.8, 4) is 22.6 Å². The Morgan fingerprint density at radius 3 is 2.20 bits per heavy atom. The number of amides is 2.